The molecule has 1 saturated heterocycles. The SMILES string of the molecule is COc1cc(N2CCN(C(=O)Cn3nc(-c4ncc[nH]4)c4c(N)ncnc43)C(C)(C)C2)ccc1Cl.Cl.Cl.Nc1ncnc2c1c(-c1ncc[nH]1)nn2CC(=O)O. The second kappa shape index (κ2) is 16.6. The number of methoxy groups -OCH3 is 1. The average Bonchev–Trinajstić information content (AvgIpc) is 3.96. The maximum atomic E-state index is 13.5. The van der Waals surface area contributed by atoms with Gasteiger partial charge in [0.05, 0.1) is 28.4 Å². The largest absolute Gasteiger partial charge is 0.495 e. The number of aromatic nitrogens is 12. The Hall–Kier alpha value is -6.25. The van der Waals surface area contributed by atoms with Gasteiger partial charge in [-0.25, -0.2) is 39.3 Å². The molecule has 1 fully saturated rings. The summed E-state index contributed by atoms with van der Waals surface area (Å²) in [5.74, 6) is 1.08. The number of aromatic amines is 2. The number of anilines is 3. The minimum absolute atomic E-state index is 0. The molecule has 7 N–H and O–H groups in total. The number of fused-ring (bicyclic) bond motifs is 2. The quantitative estimate of drug-likeness (QED) is 0.147. The number of aliphatic carboxylic acids is 1. The van der Waals surface area contributed by atoms with Crippen LogP contribution in [0, 0.1) is 0 Å². The molecule has 7 aromatic rings. The smallest absolute Gasteiger partial charge is 0.325 e. The summed E-state index contributed by atoms with van der Waals surface area (Å²) in [5.41, 5.74) is 14.3. The van der Waals surface area contributed by atoms with E-state index in [9.17, 15) is 9.59 Å². The van der Waals surface area contributed by atoms with Crippen LogP contribution in [-0.2, 0) is 22.7 Å². The lowest BCUT2D eigenvalue weighted by Gasteiger charge is -2.48. The van der Waals surface area contributed by atoms with Gasteiger partial charge in [0.1, 0.15) is 54.5 Å². The molecule has 56 heavy (non-hydrogen) atoms. The van der Waals surface area contributed by atoms with Crippen LogP contribution >= 0.6 is 36.4 Å². The van der Waals surface area contributed by atoms with Gasteiger partial charge in [-0.15, -0.1) is 24.8 Å². The van der Waals surface area contributed by atoms with Crippen LogP contribution < -0.4 is 21.1 Å². The number of nitrogens with one attached hydrogen (secondary N) is 2. The summed E-state index contributed by atoms with van der Waals surface area (Å²) in [6.45, 7) is 5.69. The number of nitrogens with zero attached hydrogens (tertiary/aromatic N) is 12. The standard InChI is InChI=1S/C23H26ClN9O2.C10H9N7O2.2ClH/c1-23(2)12-31(14-4-5-15(24)16(10-14)35-3)8-9-32(23)17(34)11-33-22-18(20(25)28-13-29-22)19(30-33)21-26-6-7-27-21;11-8-6-7(9-12-1-2-13-9)16-17(3-5(18)19)10(6)15-4-14-8;;/h4-7,10,13H,8-9,11-12H2,1-3H3,(H,26,27)(H2,25,28,29);1-2,4H,3H2,(H,12,13)(H,18,19)(H2,11,14,15);2*1H. The summed E-state index contributed by atoms with van der Waals surface area (Å²) < 4.78 is 8.19. The van der Waals surface area contributed by atoms with Gasteiger partial charge < -0.3 is 41.1 Å². The van der Waals surface area contributed by atoms with Crippen LogP contribution in [0.2, 0.25) is 5.02 Å². The van der Waals surface area contributed by atoms with Crippen molar-refractivity contribution in [3.8, 4) is 28.8 Å². The highest BCUT2D eigenvalue weighted by Gasteiger charge is 2.37. The number of carbonyl (C=O) groups excluding carboxylic acids is 1. The molecule has 1 aromatic carbocycles. The van der Waals surface area contributed by atoms with E-state index in [1.54, 1.807) is 36.6 Å². The summed E-state index contributed by atoms with van der Waals surface area (Å²) in [6, 6.07) is 5.72. The van der Waals surface area contributed by atoms with Crippen LogP contribution in [0.15, 0.2) is 55.6 Å². The molecule has 20 nitrogen and oxygen atoms in total. The minimum atomic E-state index is -1.02. The number of hydrogen-bond donors (Lipinski definition) is 5. The van der Waals surface area contributed by atoms with Gasteiger partial charge in [-0.3, -0.25) is 9.59 Å². The van der Waals surface area contributed by atoms with Crippen molar-refractivity contribution >= 4 is 87.7 Å². The van der Waals surface area contributed by atoms with Gasteiger partial charge in [0, 0.05) is 56.2 Å². The van der Waals surface area contributed by atoms with E-state index in [4.69, 9.17) is 32.9 Å². The number of amides is 1. The van der Waals surface area contributed by atoms with Gasteiger partial charge in [-0.05, 0) is 26.0 Å². The zero-order valence-corrected chi connectivity index (χ0v) is 32.5. The van der Waals surface area contributed by atoms with E-state index in [0.717, 1.165) is 5.69 Å². The molecule has 0 radical (unpaired) electrons. The number of nitrogen functional groups attached to an aromatic ring is 2. The maximum Gasteiger partial charge on any atom is 0.325 e. The summed E-state index contributed by atoms with van der Waals surface area (Å²) in [4.78, 5) is 59.1. The highest BCUT2D eigenvalue weighted by atomic mass is 35.5. The Morgan fingerprint density at radius 2 is 1.41 bits per heavy atom. The van der Waals surface area contributed by atoms with Crippen molar-refractivity contribution in [2.24, 2.45) is 0 Å². The predicted molar refractivity (Wildman–Crippen MR) is 213 cm³/mol. The Labute approximate surface area is 335 Å². The normalized spacial score (nSPS) is 13.4. The van der Waals surface area contributed by atoms with Crippen molar-refractivity contribution in [3.05, 3.63) is 60.7 Å². The zero-order valence-electron chi connectivity index (χ0n) is 30.1. The highest BCUT2D eigenvalue weighted by molar-refractivity contribution is 6.32. The lowest BCUT2D eigenvalue weighted by Crippen LogP contribution is -2.61. The molecule has 8 rings (SSSR count). The Morgan fingerprint density at radius 1 is 0.857 bits per heavy atom. The number of halogens is 3. The van der Waals surface area contributed by atoms with Gasteiger partial charge in [0.15, 0.2) is 22.9 Å². The first-order valence-corrected chi connectivity index (χ1v) is 16.9. The van der Waals surface area contributed by atoms with E-state index in [1.807, 2.05) is 23.1 Å². The number of hydrogen-bond acceptors (Lipinski definition) is 14. The van der Waals surface area contributed by atoms with Gasteiger partial charge in [-0.1, -0.05) is 11.6 Å². The molecule has 0 saturated carbocycles. The summed E-state index contributed by atoms with van der Waals surface area (Å²) >= 11 is 6.19. The molecule has 1 aliphatic heterocycles. The number of piperazine rings is 1. The van der Waals surface area contributed by atoms with Crippen LogP contribution in [0.5, 0.6) is 5.75 Å². The molecule has 1 aliphatic rings. The van der Waals surface area contributed by atoms with Crippen molar-refractivity contribution < 1.29 is 19.4 Å². The first kappa shape index (κ1) is 40.9. The van der Waals surface area contributed by atoms with E-state index in [1.165, 1.54) is 17.3 Å². The fourth-order valence-corrected chi connectivity index (χ4v) is 6.62. The topological polar surface area (TPSA) is 267 Å². The zero-order chi connectivity index (χ0) is 38.1. The molecule has 6 aromatic heterocycles. The molecule has 0 atom stereocenters. The van der Waals surface area contributed by atoms with Gasteiger partial charge in [0.2, 0.25) is 5.91 Å². The lowest BCUT2D eigenvalue weighted by atomic mass is 9.98. The molecule has 7 heterocycles. The minimum Gasteiger partial charge on any atom is -0.495 e. The highest BCUT2D eigenvalue weighted by Crippen LogP contribution is 2.33. The molecule has 294 valence electrons. The number of carboxylic acid groups (broad SMARTS) is 1. The Bertz CT molecular complexity index is 2470. The predicted octanol–water partition coefficient (Wildman–Crippen LogP) is 3.31. The second-order valence-electron chi connectivity index (χ2n) is 12.8. The monoisotopic (exact) mass is 826 g/mol. The molecule has 0 bridgehead atoms. The number of carbonyl (C=O) groups is 2. The van der Waals surface area contributed by atoms with Crippen molar-refractivity contribution in [3.63, 3.8) is 0 Å². The Balaban J connectivity index is 0.000000242. The third-order valence-electron chi connectivity index (χ3n) is 8.84. The van der Waals surface area contributed by atoms with E-state index in [2.05, 4.69) is 68.8 Å². The van der Waals surface area contributed by atoms with Crippen LogP contribution in [0.4, 0.5) is 17.3 Å². The molecule has 0 unspecified atom stereocenters. The average molecular weight is 828 g/mol. The van der Waals surface area contributed by atoms with E-state index < -0.39 is 11.5 Å². The molecule has 0 spiro atoms. The number of ether oxygens (including phenoxy) is 1. The van der Waals surface area contributed by atoms with Gasteiger partial charge in [0.25, 0.3) is 0 Å². The molecular weight excluding hydrogens is 791 g/mol. The van der Waals surface area contributed by atoms with Crippen molar-refractivity contribution in [1.29, 1.82) is 0 Å². The molecule has 0 aliphatic carbocycles. The van der Waals surface area contributed by atoms with Crippen LogP contribution in [-0.4, -0.2) is 114 Å². The molecule has 23 heteroatoms. The molecule has 1 amide bonds. The summed E-state index contributed by atoms with van der Waals surface area (Å²) in [7, 11) is 1.60. The third kappa shape index (κ3) is 7.93. The maximum absolute atomic E-state index is 13.5. The second-order valence-corrected chi connectivity index (χ2v) is 13.2. The number of H-pyrrole nitrogens is 2. The number of benzene rings is 1. The number of rotatable bonds is 8. The van der Waals surface area contributed by atoms with E-state index >= 15 is 0 Å². The van der Waals surface area contributed by atoms with Crippen molar-refractivity contribution in [2.45, 2.75) is 32.5 Å². The Kier molecular flexibility index (Phi) is 12.2. The van der Waals surface area contributed by atoms with Crippen LogP contribution in [0.3, 0.4) is 0 Å². The van der Waals surface area contributed by atoms with Crippen LogP contribution in [0.25, 0.3) is 45.1 Å². The number of carboxylic acids is 1. The van der Waals surface area contributed by atoms with Gasteiger partial charge >= 0.3 is 5.97 Å². The van der Waals surface area contributed by atoms with Crippen molar-refractivity contribution in [1.82, 2.24) is 64.3 Å². The first-order valence-electron chi connectivity index (χ1n) is 16.5. The van der Waals surface area contributed by atoms with Crippen LogP contribution in [0.1, 0.15) is 13.8 Å². The van der Waals surface area contributed by atoms with Gasteiger partial charge in [-0.2, -0.15) is 10.2 Å². The fraction of sp³-hybridized carbons (Fsp3) is 0.273. The third-order valence-corrected chi connectivity index (χ3v) is 9.15. The fourth-order valence-electron chi connectivity index (χ4n) is 6.43. The van der Waals surface area contributed by atoms with E-state index in [0.29, 0.717) is 75.5 Å². The number of imidazole rings is 2. The number of nitrogens with two attached hydrogens (primary N) is 2. The Morgan fingerprint density at radius 3 is 1.89 bits per heavy atom. The summed E-state index contributed by atoms with van der Waals surface area (Å²) in [6.07, 6.45) is 9.17. The molecular formula is C33H37Cl3N16O4. The summed E-state index contributed by atoms with van der Waals surface area (Å²) in [5, 5.41) is 19.3. The lowest BCUT2D eigenvalue weighted by molar-refractivity contribution is -0.138. The van der Waals surface area contributed by atoms with Crippen molar-refractivity contribution in [2.75, 3.05) is 43.1 Å². The first-order chi connectivity index (χ1) is 25.9. The van der Waals surface area contributed by atoms with E-state index in [-0.39, 0.29) is 55.4 Å².